The fraction of sp³-hybridized carbons (Fsp3) is 0.731. The van der Waals surface area contributed by atoms with Crippen LogP contribution in [0.4, 0.5) is 0 Å². The normalized spacial score (nSPS) is 15.4. The first-order valence-electron chi connectivity index (χ1n) is 12.6. The molecule has 0 rings (SSSR count). The van der Waals surface area contributed by atoms with Crippen molar-refractivity contribution >= 4 is 23.7 Å². The largest absolute Gasteiger partial charge is 0.401 e. The van der Waals surface area contributed by atoms with E-state index in [1.165, 1.54) is 16.7 Å². The van der Waals surface area contributed by atoms with Crippen molar-refractivity contribution in [2.45, 2.75) is 117 Å². The summed E-state index contributed by atoms with van der Waals surface area (Å²) >= 11 is 0. The van der Waals surface area contributed by atoms with Crippen LogP contribution in [0.25, 0.3) is 0 Å². The number of rotatable bonds is 19. The molecule has 0 aromatic rings. The Balaban J connectivity index is 4.82. The van der Waals surface area contributed by atoms with E-state index in [1.807, 2.05) is 19.9 Å². The molecular weight excluding hydrogens is 487 g/mol. The van der Waals surface area contributed by atoms with E-state index in [0.29, 0.717) is 19.3 Å². The first-order chi connectivity index (χ1) is 16.4. The topological polar surface area (TPSA) is 107 Å². The molecule has 0 saturated heterocycles. The van der Waals surface area contributed by atoms with Crippen LogP contribution in [0.2, 0.25) is 0 Å². The molecule has 7 nitrogen and oxygen atoms in total. The summed E-state index contributed by atoms with van der Waals surface area (Å²) in [7, 11) is -8.09. The average molecular weight is 535 g/mol. The highest BCUT2D eigenvalue weighted by molar-refractivity contribution is 7.94. The number of carbonyl (C=O) groups excluding carboxylic acids is 1. The van der Waals surface area contributed by atoms with Gasteiger partial charge in [-0.1, -0.05) is 61.1 Å². The summed E-state index contributed by atoms with van der Waals surface area (Å²) in [5.74, 6) is -0.778. The van der Waals surface area contributed by atoms with E-state index in [4.69, 9.17) is 9.05 Å². The number of carbonyl (C=O) groups is 1. The van der Waals surface area contributed by atoms with Gasteiger partial charge in [-0.3, -0.25) is 9.35 Å². The van der Waals surface area contributed by atoms with Gasteiger partial charge in [0.15, 0.2) is 4.99 Å². The molecule has 0 aliphatic carbocycles. The van der Waals surface area contributed by atoms with Gasteiger partial charge in [0.25, 0.3) is 10.1 Å². The van der Waals surface area contributed by atoms with E-state index >= 15 is 0 Å². The Morgan fingerprint density at radius 3 is 1.97 bits per heavy atom. The third kappa shape index (κ3) is 16.2. The van der Waals surface area contributed by atoms with Crippen LogP contribution < -0.4 is 0 Å². The predicted molar refractivity (Wildman–Crippen MR) is 144 cm³/mol. The first-order valence-corrected chi connectivity index (χ1v) is 15.8. The zero-order valence-electron chi connectivity index (χ0n) is 22.5. The van der Waals surface area contributed by atoms with Crippen LogP contribution in [-0.2, 0) is 28.5 Å². The molecule has 0 aromatic heterocycles. The fourth-order valence-electron chi connectivity index (χ4n) is 3.55. The molecule has 2 unspecified atom stereocenters. The second kappa shape index (κ2) is 18.1. The molecule has 2 atom stereocenters. The minimum atomic E-state index is -4.74. The number of allylic oxidation sites excluding steroid dienone is 6. The van der Waals surface area contributed by atoms with Gasteiger partial charge >= 0.3 is 13.6 Å². The van der Waals surface area contributed by atoms with E-state index in [9.17, 15) is 22.3 Å². The molecule has 0 heterocycles. The highest BCUT2D eigenvalue weighted by Gasteiger charge is 2.46. The summed E-state index contributed by atoms with van der Waals surface area (Å²) in [6, 6.07) is 0. The molecule has 0 fully saturated rings. The lowest BCUT2D eigenvalue weighted by molar-refractivity contribution is -0.135. The zero-order valence-corrected chi connectivity index (χ0v) is 24.3. The molecule has 0 aliphatic heterocycles. The standard InChI is InChI=1S/C26H47O7PS/c1-7-8-9-10-20-25(27)33-34(28,32-6)26(35(29,30)31)21-12-11-16-23(4)18-14-19-24(5)17-13-15-22(2)3/h15-16,19,26H,7-14,17-18,20-21H2,1-6H3,(H,29,30,31). The number of hydrogen-bond acceptors (Lipinski definition) is 6. The molecular formula is C26H47O7PS. The SMILES string of the molecule is CCCCCCC(=O)OP(=O)(OC)C(CCCC=C(C)CCC=C(C)CCC=C(C)C)S(=O)(=O)O. The van der Waals surface area contributed by atoms with Crippen LogP contribution in [0.5, 0.6) is 0 Å². The molecule has 0 spiro atoms. The van der Waals surface area contributed by atoms with Crippen LogP contribution in [0, 0.1) is 0 Å². The van der Waals surface area contributed by atoms with Crippen molar-refractivity contribution in [1.82, 2.24) is 0 Å². The summed E-state index contributed by atoms with van der Waals surface area (Å²) in [5, 5.41) is 0. The molecule has 0 bridgehead atoms. The Morgan fingerprint density at radius 2 is 1.46 bits per heavy atom. The Morgan fingerprint density at radius 1 is 0.886 bits per heavy atom. The van der Waals surface area contributed by atoms with Gasteiger partial charge in [-0.15, -0.1) is 0 Å². The first kappa shape index (κ1) is 33.8. The number of hydrogen-bond donors (Lipinski definition) is 1. The fourth-order valence-corrected chi connectivity index (χ4v) is 7.01. The van der Waals surface area contributed by atoms with Gasteiger partial charge in [-0.05, 0) is 79.1 Å². The minimum Gasteiger partial charge on any atom is -0.391 e. The van der Waals surface area contributed by atoms with Gasteiger partial charge in [0.1, 0.15) is 0 Å². The van der Waals surface area contributed by atoms with Crippen LogP contribution in [0.1, 0.15) is 112 Å². The smallest absolute Gasteiger partial charge is 0.391 e. The lowest BCUT2D eigenvalue weighted by Gasteiger charge is -2.23. The maximum Gasteiger partial charge on any atom is 0.401 e. The summed E-state index contributed by atoms with van der Waals surface area (Å²) in [6.07, 6.45) is 14.6. The molecule has 35 heavy (non-hydrogen) atoms. The molecule has 0 aromatic carbocycles. The van der Waals surface area contributed by atoms with E-state index in [0.717, 1.165) is 52.1 Å². The summed E-state index contributed by atoms with van der Waals surface area (Å²) < 4.78 is 56.5. The Labute approximate surface area is 213 Å². The predicted octanol–water partition coefficient (Wildman–Crippen LogP) is 8.14. The third-order valence-electron chi connectivity index (χ3n) is 5.69. The molecule has 9 heteroatoms. The molecule has 0 aliphatic rings. The second-order valence-electron chi connectivity index (χ2n) is 9.36. The van der Waals surface area contributed by atoms with Gasteiger partial charge in [0.05, 0.1) is 0 Å². The van der Waals surface area contributed by atoms with Crippen LogP contribution in [0.15, 0.2) is 34.9 Å². The lowest BCUT2D eigenvalue weighted by Crippen LogP contribution is -2.24. The summed E-state index contributed by atoms with van der Waals surface area (Å²) in [5.41, 5.74) is 3.87. The molecule has 0 amide bonds. The molecule has 204 valence electrons. The van der Waals surface area contributed by atoms with Gasteiger partial charge in [-0.25, -0.2) is 4.57 Å². The third-order valence-corrected chi connectivity index (χ3v) is 10.1. The van der Waals surface area contributed by atoms with Crippen molar-refractivity contribution in [3.8, 4) is 0 Å². The Kier molecular flexibility index (Phi) is 17.5. The number of unbranched alkanes of at least 4 members (excludes halogenated alkanes) is 4. The van der Waals surface area contributed by atoms with Crippen molar-refractivity contribution < 1.29 is 31.4 Å². The molecule has 1 N–H and O–H groups in total. The van der Waals surface area contributed by atoms with Crippen LogP contribution in [0.3, 0.4) is 0 Å². The molecule has 0 saturated carbocycles. The van der Waals surface area contributed by atoms with Crippen molar-refractivity contribution in [3.63, 3.8) is 0 Å². The van der Waals surface area contributed by atoms with E-state index in [1.54, 1.807) is 0 Å². The van der Waals surface area contributed by atoms with Crippen LogP contribution >= 0.6 is 7.60 Å². The summed E-state index contributed by atoms with van der Waals surface area (Å²) in [6.45, 7) is 10.4. The van der Waals surface area contributed by atoms with E-state index in [-0.39, 0.29) is 12.8 Å². The minimum absolute atomic E-state index is 0.0242. The van der Waals surface area contributed by atoms with Crippen molar-refractivity contribution in [1.29, 1.82) is 0 Å². The van der Waals surface area contributed by atoms with Crippen molar-refractivity contribution in [2.24, 2.45) is 0 Å². The van der Waals surface area contributed by atoms with Gasteiger partial charge in [0.2, 0.25) is 0 Å². The van der Waals surface area contributed by atoms with Gasteiger partial charge in [-0.2, -0.15) is 8.42 Å². The highest BCUT2D eigenvalue weighted by atomic mass is 32.2. The van der Waals surface area contributed by atoms with Crippen molar-refractivity contribution in [3.05, 3.63) is 34.9 Å². The van der Waals surface area contributed by atoms with Crippen molar-refractivity contribution in [2.75, 3.05) is 7.11 Å². The lowest BCUT2D eigenvalue weighted by atomic mass is 10.1. The zero-order chi connectivity index (χ0) is 26.9. The van der Waals surface area contributed by atoms with E-state index in [2.05, 4.69) is 32.9 Å². The van der Waals surface area contributed by atoms with Gasteiger partial charge < -0.3 is 9.05 Å². The monoisotopic (exact) mass is 534 g/mol. The Hall–Kier alpha value is -1.21. The molecule has 0 radical (unpaired) electrons. The quantitative estimate of drug-likeness (QED) is 0.0771. The maximum atomic E-state index is 13.0. The summed E-state index contributed by atoms with van der Waals surface area (Å²) in [4.78, 5) is 10.3. The Bertz CT molecular complexity index is 868. The van der Waals surface area contributed by atoms with Gasteiger partial charge in [0, 0.05) is 13.5 Å². The average Bonchev–Trinajstić information content (AvgIpc) is 2.75. The highest BCUT2D eigenvalue weighted by Crippen LogP contribution is 2.56. The maximum absolute atomic E-state index is 13.0. The van der Waals surface area contributed by atoms with E-state index < -0.39 is 28.7 Å². The second-order valence-corrected chi connectivity index (χ2v) is 13.6. The van der Waals surface area contributed by atoms with Crippen LogP contribution in [-0.4, -0.2) is 31.0 Å².